The highest BCUT2D eigenvalue weighted by molar-refractivity contribution is 6.35. The standard InChI is InChI=1S/C7H4Cl2FN3/c8-4-1-6(9)5(3-12-13-11)7(10)2-4/h1-2H,3H2. The molecule has 0 spiro atoms. The van der Waals surface area contributed by atoms with Crippen LogP contribution in [0.5, 0.6) is 0 Å². The fourth-order valence-corrected chi connectivity index (χ4v) is 1.35. The normalized spacial score (nSPS) is 9.46. The van der Waals surface area contributed by atoms with Crippen LogP contribution in [0.1, 0.15) is 5.56 Å². The van der Waals surface area contributed by atoms with Gasteiger partial charge in [0.05, 0.1) is 6.54 Å². The molecule has 0 N–H and O–H groups in total. The Kier molecular flexibility index (Phi) is 3.37. The summed E-state index contributed by atoms with van der Waals surface area (Å²) in [4.78, 5) is 2.50. The van der Waals surface area contributed by atoms with Crippen molar-refractivity contribution < 1.29 is 4.39 Å². The van der Waals surface area contributed by atoms with E-state index in [0.717, 1.165) is 6.07 Å². The van der Waals surface area contributed by atoms with Crippen LogP contribution in [0.3, 0.4) is 0 Å². The van der Waals surface area contributed by atoms with Crippen LogP contribution in [-0.4, -0.2) is 0 Å². The average molecular weight is 220 g/mol. The van der Waals surface area contributed by atoms with E-state index in [2.05, 4.69) is 10.0 Å². The highest BCUT2D eigenvalue weighted by Gasteiger charge is 2.07. The molecule has 1 rings (SSSR count). The Morgan fingerprint density at radius 3 is 2.69 bits per heavy atom. The zero-order valence-electron chi connectivity index (χ0n) is 6.34. The van der Waals surface area contributed by atoms with E-state index in [9.17, 15) is 4.39 Å². The van der Waals surface area contributed by atoms with E-state index >= 15 is 0 Å². The molecule has 0 aliphatic heterocycles. The summed E-state index contributed by atoms with van der Waals surface area (Å²) in [5.74, 6) is -0.565. The van der Waals surface area contributed by atoms with E-state index in [0.29, 0.717) is 0 Å². The van der Waals surface area contributed by atoms with Crippen molar-refractivity contribution in [1.29, 1.82) is 0 Å². The van der Waals surface area contributed by atoms with E-state index in [1.165, 1.54) is 6.07 Å². The predicted molar refractivity (Wildman–Crippen MR) is 49.3 cm³/mol. The highest BCUT2D eigenvalue weighted by atomic mass is 35.5. The van der Waals surface area contributed by atoms with Crippen molar-refractivity contribution in [3.63, 3.8) is 0 Å². The van der Waals surface area contributed by atoms with E-state index in [4.69, 9.17) is 28.7 Å². The van der Waals surface area contributed by atoms with E-state index < -0.39 is 5.82 Å². The van der Waals surface area contributed by atoms with Crippen LogP contribution in [0.4, 0.5) is 4.39 Å². The lowest BCUT2D eigenvalue weighted by Crippen LogP contribution is -1.89. The Labute approximate surface area is 83.7 Å². The van der Waals surface area contributed by atoms with Gasteiger partial charge in [0.1, 0.15) is 5.82 Å². The molecule has 13 heavy (non-hydrogen) atoms. The van der Waals surface area contributed by atoms with Crippen LogP contribution in [0.25, 0.3) is 10.4 Å². The molecular formula is C7H4Cl2FN3. The number of hydrogen-bond acceptors (Lipinski definition) is 1. The molecule has 0 heterocycles. The van der Waals surface area contributed by atoms with Crippen LogP contribution in [0, 0.1) is 5.82 Å². The Hall–Kier alpha value is -0.960. The average Bonchev–Trinajstić information content (AvgIpc) is 2.02. The molecular weight excluding hydrogens is 216 g/mol. The highest BCUT2D eigenvalue weighted by Crippen LogP contribution is 2.24. The number of hydrogen-bond donors (Lipinski definition) is 0. The summed E-state index contributed by atoms with van der Waals surface area (Å²) in [5, 5.41) is 3.59. The minimum atomic E-state index is -0.565. The van der Waals surface area contributed by atoms with Crippen molar-refractivity contribution in [1.82, 2.24) is 0 Å². The summed E-state index contributed by atoms with van der Waals surface area (Å²) in [5.41, 5.74) is 8.19. The van der Waals surface area contributed by atoms with Gasteiger partial charge in [0.15, 0.2) is 0 Å². The number of halogens is 3. The van der Waals surface area contributed by atoms with E-state index in [1.54, 1.807) is 0 Å². The van der Waals surface area contributed by atoms with Gasteiger partial charge in [0.25, 0.3) is 0 Å². The molecule has 68 valence electrons. The summed E-state index contributed by atoms with van der Waals surface area (Å²) < 4.78 is 13.1. The molecule has 0 unspecified atom stereocenters. The van der Waals surface area contributed by atoms with Gasteiger partial charge in [-0.3, -0.25) is 0 Å². The van der Waals surface area contributed by atoms with Crippen molar-refractivity contribution in [2.45, 2.75) is 6.54 Å². The minimum Gasteiger partial charge on any atom is -0.207 e. The third-order valence-corrected chi connectivity index (χ3v) is 1.95. The van der Waals surface area contributed by atoms with E-state index in [1.807, 2.05) is 0 Å². The van der Waals surface area contributed by atoms with Crippen molar-refractivity contribution in [3.8, 4) is 0 Å². The zero-order valence-corrected chi connectivity index (χ0v) is 7.85. The minimum absolute atomic E-state index is 0.113. The molecule has 0 atom stereocenters. The first-order valence-corrected chi connectivity index (χ1v) is 4.05. The molecule has 0 amide bonds. The zero-order chi connectivity index (χ0) is 9.84. The van der Waals surface area contributed by atoms with Crippen molar-refractivity contribution in [2.75, 3.05) is 0 Å². The first-order chi connectivity index (χ1) is 6.15. The fraction of sp³-hybridized carbons (Fsp3) is 0.143. The van der Waals surface area contributed by atoms with Gasteiger partial charge in [0, 0.05) is 20.5 Å². The van der Waals surface area contributed by atoms with Gasteiger partial charge >= 0.3 is 0 Å². The Bertz CT molecular complexity index is 351. The second kappa shape index (κ2) is 4.33. The first-order valence-electron chi connectivity index (χ1n) is 3.29. The largest absolute Gasteiger partial charge is 0.207 e. The number of rotatable bonds is 2. The van der Waals surface area contributed by atoms with Crippen molar-refractivity contribution in [3.05, 3.63) is 44.0 Å². The summed E-state index contributed by atoms with van der Waals surface area (Å²) in [7, 11) is 0. The van der Waals surface area contributed by atoms with Crippen LogP contribution in [-0.2, 0) is 6.54 Å². The molecule has 6 heteroatoms. The molecule has 0 aromatic heterocycles. The van der Waals surface area contributed by atoms with Crippen LogP contribution in [0.15, 0.2) is 17.2 Å². The molecule has 1 aromatic carbocycles. The van der Waals surface area contributed by atoms with Gasteiger partial charge in [-0.25, -0.2) is 4.39 Å². The Morgan fingerprint density at radius 2 is 2.15 bits per heavy atom. The van der Waals surface area contributed by atoms with Gasteiger partial charge in [0.2, 0.25) is 0 Å². The van der Waals surface area contributed by atoms with Crippen molar-refractivity contribution >= 4 is 23.2 Å². The SMILES string of the molecule is [N-]=[N+]=NCc1c(F)cc(Cl)cc1Cl. The lowest BCUT2D eigenvalue weighted by atomic mass is 10.2. The second-order valence-electron chi connectivity index (χ2n) is 2.24. The smallest absolute Gasteiger partial charge is 0.129 e. The molecule has 0 saturated heterocycles. The summed E-state index contributed by atoms with van der Waals surface area (Å²) in [6, 6.07) is 2.52. The van der Waals surface area contributed by atoms with Crippen LogP contribution >= 0.6 is 23.2 Å². The third-order valence-electron chi connectivity index (χ3n) is 1.40. The molecule has 0 saturated carbocycles. The van der Waals surface area contributed by atoms with Gasteiger partial charge in [-0.1, -0.05) is 28.3 Å². The molecule has 0 aliphatic rings. The van der Waals surface area contributed by atoms with Gasteiger partial charge in [-0.15, -0.1) is 0 Å². The first kappa shape index (κ1) is 10.1. The fourth-order valence-electron chi connectivity index (χ4n) is 0.825. The lowest BCUT2D eigenvalue weighted by Gasteiger charge is -2.02. The second-order valence-corrected chi connectivity index (χ2v) is 3.08. The van der Waals surface area contributed by atoms with Crippen LogP contribution < -0.4 is 0 Å². The molecule has 0 bridgehead atoms. The summed E-state index contributed by atoms with van der Waals surface area (Å²) >= 11 is 11.2. The predicted octanol–water partition coefficient (Wildman–Crippen LogP) is 3.94. The maximum absolute atomic E-state index is 13.1. The third kappa shape index (κ3) is 2.49. The lowest BCUT2D eigenvalue weighted by molar-refractivity contribution is 0.610. The monoisotopic (exact) mass is 219 g/mol. The Morgan fingerprint density at radius 1 is 1.46 bits per heavy atom. The molecule has 0 aliphatic carbocycles. The molecule has 0 radical (unpaired) electrons. The summed E-state index contributed by atoms with van der Waals surface area (Å²) in [6.07, 6.45) is 0. The maximum Gasteiger partial charge on any atom is 0.129 e. The van der Waals surface area contributed by atoms with Gasteiger partial charge in [-0.2, -0.15) is 0 Å². The van der Waals surface area contributed by atoms with Gasteiger partial charge < -0.3 is 0 Å². The summed E-state index contributed by atoms with van der Waals surface area (Å²) in [6.45, 7) is -0.113. The molecule has 3 nitrogen and oxygen atoms in total. The number of benzene rings is 1. The van der Waals surface area contributed by atoms with Crippen molar-refractivity contribution in [2.24, 2.45) is 5.11 Å². The van der Waals surface area contributed by atoms with Gasteiger partial charge in [-0.05, 0) is 17.7 Å². The number of azide groups is 1. The van der Waals surface area contributed by atoms with Crippen LogP contribution in [0.2, 0.25) is 10.0 Å². The quantitative estimate of drug-likeness (QED) is 0.411. The van der Waals surface area contributed by atoms with E-state index in [-0.39, 0.29) is 22.2 Å². The molecule has 0 fully saturated rings. The molecule has 1 aromatic rings. The number of nitrogens with zero attached hydrogens (tertiary/aromatic N) is 3. The topological polar surface area (TPSA) is 48.8 Å². The maximum atomic E-state index is 13.1. The Balaban J connectivity index is 3.12.